The van der Waals surface area contributed by atoms with E-state index in [-0.39, 0.29) is 23.0 Å². The maximum atomic E-state index is 12.4. The molecule has 0 radical (unpaired) electrons. The molecule has 0 aliphatic rings. The molecule has 0 saturated carbocycles. The molecule has 0 spiro atoms. The normalized spacial score (nSPS) is 12.6. The molecule has 0 bridgehead atoms. The van der Waals surface area contributed by atoms with E-state index in [1.54, 1.807) is 31.2 Å². The van der Waals surface area contributed by atoms with Gasteiger partial charge >= 0.3 is 0 Å². The summed E-state index contributed by atoms with van der Waals surface area (Å²) in [5.41, 5.74) is 3.00. The number of hydrogen-bond donors (Lipinski definition) is 0. The zero-order chi connectivity index (χ0) is 19.6. The fourth-order valence-corrected chi connectivity index (χ4v) is 4.97. The Hall–Kier alpha value is -2.25. The van der Waals surface area contributed by atoms with Crippen LogP contribution in [0.3, 0.4) is 0 Å². The zero-order valence-electron chi connectivity index (χ0n) is 15.6. The monoisotopic (exact) mass is 402 g/mol. The van der Waals surface area contributed by atoms with Crippen molar-refractivity contribution in [1.29, 1.82) is 0 Å². The fraction of sp³-hybridized carbons (Fsp3) is 0.300. The third-order valence-corrected chi connectivity index (χ3v) is 7.18. The van der Waals surface area contributed by atoms with Gasteiger partial charge in [-0.05, 0) is 49.2 Å². The van der Waals surface area contributed by atoms with Crippen molar-refractivity contribution in [1.82, 2.24) is 4.57 Å². The van der Waals surface area contributed by atoms with Gasteiger partial charge in [0.1, 0.15) is 0 Å². The Morgan fingerprint density at radius 2 is 1.81 bits per heavy atom. The summed E-state index contributed by atoms with van der Waals surface area (Å²) in [6.07, 6.45) is 0.142. The first-order chi connectivity index (χ1) is 12.8. The van der Waals surface area contributed by atoms with Crippen molar-refractivity contribution in [3.05, 3.63) is 58.4 Å². The number of sulfone groups is 1. The van der Waals surface area contributed by atoms with Crippen molar-refractivity contribution < 1.29 is 13.2 Å². The summed E-state index contributed by atoms with van der Waals surface area (Å²) < 4.78 is 26.9. The van der Waals surface area contributed by atoms with Gasteiger partial charge in [0.05, 0.1) is 27.3 Å². The quantitative estimate of drug-likeness (QED) is 0.656. The number of fused-ring (bicyclic) bond motifs is 1. The topological polar surface area (TPSA) is 68.5 Å². The van der Waals surface area contributed by atoms with Crippen molar-refractivity contribution >= 4 is 37.3 Å². The molecule has 0 unspecified atom stereocenters. The molecule has 1 aromatic heterocycles. The fourth-order valence-electron chi connectivity index (χ4n) is 2.87. The lowest BCUT2D eigenvalue weighted by molar-refractivity contribution is -0.117. The van der Waals surface area contributed by atoms with Crippen molar-refractivity contribution in [2.24, 2.45) is 4.99 Å². The maximum absolute atomic E-state index is 12.4. The van der Waals surface area contributed by atoms with E-state index in [0.29, 0.717) is 4.80 Å². The number of rotatable bonds is 5. The highest BCUT2D eigenvalue weighted by molar-refractivity contribution is 7.91. The van der Waals surface area contributed by atoms with Gasteiger partial charge in [0.2, 0.25) is 0 Å². The van der Waals surface area contributed by atoms with E-state index >= 15 is 0 Å². The van der Waals surface area contributed by atoms with Crippen LogP contribution in [0.25, 0.3) is 10.2 Å². The molecule has 3 rings (SSSR count). The van der Waals surface area contributed by atoms with E-state index in [4.69, 9.17) is 0 Å². The van der Waals surface area contributed by atoms with Crippen LogP contribution in [-0.4, -0.2) is 24.6 Å². The Bertz CT molecular complexity index is 1150. The number of benzene rings is 2. The minimum atomic E-state index is -3.23. The largest absolute Gasteiger partial charge is 0.317 e. The van der Waals surface area contributed by atoms with E-state index in [1.807, 2.05) is 18.4 Å². The second-order valence-corrected chi connectivity index (χ2v) is 9.62. The average Bonchev–Trinajstić information content (AvgIpc) is 2.97. The van der Waals surface area contributed by atoms with Gasteiger partial charge < -0.3 is 4.57 Å². The predicted octanol–water partition coefficient (Wildman–Crippen LogP) is 3.49. The summed E-state index contributed by atoms with van der Waals surface area (Å²) in [6, 6.07) is 12.7. The second kappa shape index (κ2) is 7.78. The number of thiazole rings is 1. The Morgan fingerprint density at radius 3 is 2.44 bits per heavy atom. The molecule has 3 aromatic rings. The van der Waals surface area contributed by atoms with Gasteiger partial charge in [-0.15, -0.1) is 0 Å². The summed E-state index contributed by atoms with van der Waals surface area (Å²) in [5.74, 6) is -0.185. The summed E-state index contributed by atoms with van der Waals surface area (Å²) in [7, 11) is -3.23. The Kier molecular flexibility index (Phi) is 5.62. The minimum absolute atomic E-state index is 0.0586. The molecule has 2 aromatic carbocycles. The van der Waals surface area contributed by atoms with Gasteiger partial charge in [0, 0.05) is 6.54 Å². The minimum Gasteiger partial charge on any atom is -0.317 e. The van der Waals surface area contributed by atoms with Crippen LogP contribution in [-0.2, 0) is 27.6 Å². The predicted molar refractivity (Wildman–Crippen MR) is 109 cm³/mol. The van der Waals surface area contributed by atoms with E-state index in [1.165, 1.54) is 16.9 Å². The van der Waals surface area contributed by atoms with E-state index in [2.05, 4.69) is 23.2 Å². The lowest BCUT2D eigenvalue weighted by atomic mass is 10.1. The standard InChI is InChI=1S/C20H22N2O3S2/c1-4-22-17-11-6-14(3)12-18(17)26-20(22)21-19(23)13-15-7-9-16(10-8-15)27(24,25)5-2/h6-12H,4-5,13H2,1-3H3. The molecule has 0 aliphatic carbocycles. The highest BCUT2D eigenvalue weighted by Crippen LogP contribution is 2.19. The molecule has 0 atom stereocenters. The molecule has 0 aliphatic heterocycles. The first-order valence-corrected chi connectivity index (χ1v) is 11.3. The maximum Gasteiger partial charge on any atom is 0.252 e. The van der Waals surface area contributed by atoms with Crippen LogP contribution in [0.15, 0.2) is 52.4 Å². The third kappa shape index (κ3) is 4.20. The number of hydrogen-bond acceptors (Lipinski definition) is 4. The third-order valence-electron chi connectivity index (χ3n) is 4.39. The van der Waals surface area contributed by atoms with Crippen molar-refractivity contribution in [3.8, 4) is 0 Å². The van der Waals surface area contributed by atoms with Crippen LogP contribution in [0.1, 0.15) is 25.0 Å². The van der Waals surface area contributed by atoms with Crippen molar-refractivity contribution in [3.63, 3.8) is 0 Å². The van der Waals surface area contributed by atoms with Crippen LogP contribution in [0, 0.1) is 6.92 Å². The van der Waals surface area contributed by atoms with Gasteiger partial charge in [-0.3, -0.25) is 4.79 Å². The van der Waals surface area contributed by atoms with Crippen LogP contribution < -0.4 is 4.80 Å². The van der Waals surface area contributed by atoms with Crippen LogP contribution in [0.4, 0.5) is 0 Å². The van der Waals surface area contributed by atoms with Gasteiger partial charge in [0.25, 0.3) is 5.91 Å². The number of carbonyl (C=O) groups excluding carboxylic acids is 1. The molecule has 7 heteroatoms. The highest BCUT2D eigenvalue weighted by Gasteiger charge is 2.12. The average molecular weight is 403 g/mol. The highest BCUT2D eigenvalue weighted by atomic mass is 32.2. The number of amides is 1. The molecule has 0 saturated heterocycles. The molecule has 5 nitrogen and oxygen atoms in total. The zero-order valence-corrected chi connectivity index (χ0v) is 17.2. The molecule has 142 valence electrons. The van der Waals surface area contributed by atoms with Crippen LogP contribution >= 0.6 is 11.3 Å². The number of nitrogens with zero attached hydrogens (tertiary/aromatic N) is 2. The van der Waals surface area contributed by atoms with Gasteiger partial charge in [-0.2, -0.15) is 4.99 Å². The van der Waals surface area contributed by atoms with Gasteiger partial charge in [-0.1, -0.05) is 36.5 Å². The number of carbonyl (C=O) groups is 1. The lowest BCUT2D eigenvalue weighted by Crippen LogP contribution is -2.16. The number of aryl methyl sites for hydroxylation is 2. The lowest BCUT2D eigenvalue weighted by Gasteiger charge is -2.03. The van der Waals surface area contributed by atoms with Crippen LogP contribution in [0.2, 0.25) is 0 Å². The summed E-state index contributed by atoms with van der Waals surface area (Å²) >= 11 is 1.51. The van der Waals surface area contributed by atoms with E-state index in [9.17, 15) is 13.2 Å². The second-order valence-electron chi connectivity index (χ2n) is 6.33. The Balaban J connectivity index is 1.88. The molecular formula is C20H22N2O3S2. The van der Waals surface area contributed by atoms with Gasteiger partial charge in [0.15, 0.2) is 14.6 Å². The first kappa shape index (κ1) is 19.5. The molecule has 0 fully saturated rings. The summed E-state index contributed by atoms with van der Waals surface area (Å²) in [5, 5.41) is 0. The molecular weight excluding hydrogens is 380 g/mol. The van der Waals surface area contributed by atoms with Crippen LogP contribution in [0.5, 0.6) is 0 Å². The first-order valence-electron chi connectivity index (χ1n) is 8.83. The smallest absolute Gasteiger partial charge is 0.252 e. The molecule has 0 N–H and O–H groups in total. The van der Waals surface area contributed by atoms with Crippen molar-refractivity contribution in [2.75, 3.05) is 5.75 Å². The SMILES string of the molecule is CCn1c(=NC(=O)Cc2ccc(S(=O)(=O)CC)cc2)sc2cc(C)ccc21. The van der Waals surface area contributed by atoms with E-state index in [0.717, 1.165) is 22.3 Å². The van der Waals surface area contributed by atoms with Crippen molar-refractivity contribution in [2.45, 2.75) is 38.6 Å². The van der Waals surface area contributed by atoms with E-state index < -0.39 is 9.84 Å². The molecule has 27 heavy (non-hydrogen) atoms. The summed E-state index contributed by atoms with van der Waals surface area (Å²) in [6.45, 7) is 6.42. The Morgan fingerprint density at radius 1 is 1.11 bits per heavy atom. The molecule has 1 amide bonds. The van der Waals surface area contributed by atoms with Gasteiger partial charge in [-0.25, -0.2) is 8.42 Å². The number of aromatic nitrogens is 1. The Labute approximate surface area is 162 Å². The molecule has 1 heterocycles. The summed E-state index contributed by atoms with van der Waals surface area (Å²) in [4.78, 5) is 17.7.